The average Bonchev–Trinajstić information content (AvgIpc) is 2.79. The van der Waals surface area contributed by atoms with Crippen molar-refractivity contribution in [1.82, 2.24) is 18.7 Å². The van der Waals surface area contributed by atoms with Crippen LogP contribution in [0.4, 0.5) is 0 Å². The molecule has 7 heteroatoms. The summed E-state index contributed by atoms with van der Waals surface area (Å²) in [5.74, 6) is 0.807. The minimum absolute atomic E-state index is 0.303. The summed E-state index contributed by atoms with van der Waals surface area (Å²) >= 11 is 0. The summed E-state index contributed by atoms with van der Waals surface area (Å²) in [6.07, 6.45) is 1.47. The summed E-state index contributed by atoms with van der Waals surface area (Å²) < 4.78 is 4.40. The second-order valence-corrected chi connectivity index (χ2v) is 4.55. The molecule has 2 aromatic rings. The number of hydrogen-bond donors (Lipinski definition) is 1. The van der Waals surface area contributed by atoms with Gasteiger partial charge in [0.25, 0.3) is 5.56 Å². The van der Waals surface area contributed by atoms with Gasteiger partial charge in [0, 0.05) is 27.1 Å². The van der Waals surface area contributed by atoms with Gasteiger partial charge in [0.05, 0.1) is 0 Å². The van der Waals surface area contributed by atoms with Crippen molar-refractivity contribution in [3.05, 3.63) is 26.7 Å². The van der Waals surface area contributed by atoms with Crippen LogP contribution in [0.1, 0.15) is 19.2 Å². The van der Waals surface area contributed by atoms with E-state index in [0.717, 1.165) is 16.8 Å². The molecule has 0 radical (unpaired) electrons. The molecule has 0 spiro atoms. The lowest BCUT2D eigenvalue weighted by Gasteiger charge is -2.07. The summed E-state index contributed by atoms with van der Waals surface area (Å²) in [5.41, 5.74) is 5.80. The number of aromatic nitrogens is 4. The second kappa shape index (κ2) is 5.00. The van der Waals surface area contributed by atoms with Gasteiger partial charge in [-0.1, -0.05) is 6.92 Å². The maximum absolute atomic E-state index is 12.3. The number of aryl methyl sites for hydroxylation is 3. The molecule has 0 aliphatic heterocycles. The smallest absolute Gasteiger partial charge is 0.330 e. The molecule has 2 rings (SSSR count). The van der Waals surface area contributed by atoms with Crippen molar-refractivity contribution >= 4 is 11.2 Å². The third-order valence-electron chi connectivity index (χ3n) is 3.33. The minimum Gasteiger partial charge on any atom is -0.330 e. The van der Waals surface area contributed by atoms with Gasteiger partial charge in [0.15, 0.2) is 11.2 Å². The fraction of sp³-hybridized carbons (Fsp3) is 0.583. The summed E-state index contributed by atoms with van der Waals surface area (Å²) in [4.78, 5) is 28.6. The Kier molecular flexibility index (Phi) is 3.57. The van der Waals surface area contributed by atoms with Crippen molar-refractivity contribution in [2.45, 2.75) is 26.3 Å². The molecule has 2 N–H and O–H groups in total. The standard InChI is InChI=1S/C12H19N5O2/c1-4-8-14-10-9(17(8)7-5-6-13)11(18)16(3)12(19)15(10)2/h4-7,13H2,1-3H3. The molecule has 2 heterocycles. The van der Waals surface area contributed by atoms with Crippen molar-refractivity contribution in [3.8, 4) is 0 Å². The average molecular weight is 265 g/mol. The molecule has 19 heavy (non-hydrogen) atoms. The summed E-state index contributed by atoms with van der Waals surface area (Å²) in [6.45, 7) is 3.17. The summed E-state index contributed by atoms with van der Waals surface area (Å²) in [7, 11) is 3.11. The van der Waals surface area contributed by atoms with Gasteiger partial charge in [-0.05, 0) is 13.0 Å². The molecule has 0 aromatic carbocycles. The van der Waals surface area contributed by atoms with Crippen LogP contribution in [0, 0.1) is 0 Å². The quantitative estimate of drug-likeness (QED) is 0.795. The van der Waals surface area contributed by atoms with E-state index in [1.54, 1.807) is 7.05 Å². The van der Waals surface area contributed by atoms with Gasteiger partial charge in [-0.2, -0.15) is 0 Å². The van der Waals surface area contributed by atoms with Crippen LogP contribution in [-0.4, -0.2) is 25.2 Å². The number of nitrogens with zero attached hydrogens (tertiary/aromatic N) is 4. The van der Waals surface area contributed by atoms with E-state index in [1.807, 2.05) is 11.5 Å². The monoisotopic (exact) mass is 265 g/mol. The van der Waals surface area contributed by atoms with E-state index in [-0.39, 0.29) is 11.2 Å². The van der Waals surface area contributed by atoms with E-state index < -0.39 is 0 Å². The maximum atomic E-state index is 12.3. The van der Waals surface area contributed by atoms with Crippen molar-refractivity contribution < 1.29 is 0 Å². The Bertz CT molecular complexity index is 722. The van der Waals surface area contributed by atoms with Crippen LogP contribution in [0.15, 0.2) is 9.59 Å². The van der Waals surface area contributed by atoms with Crippen LogP contribution in [0.5, 0.6) is 0 Å². The number of fused-ring (bicyclic) bond motifs is 1. The topological polar surface area (TPSA) is 87.8 Å². The Balaban J connectivity index is 2.87. The van der Waals surface area contributed by atoms with Crippen molar-refractivity contribution in [1.29, 1.82) is 0 Å². The Hall–Kier alpha value is -1.89. The van der Waals surface area contributed by atoms with Crippen molar-refractivity contribution in [3.63, 3.8) is 0 Å². The highest BCUT2D eigenvalue weighted by molar-refractivity contribution is 5.71. The molecular weight excluding hydrogens is 246 g/mol. The summed E-state index contributed by atoms with van der Waals surface area (Å²) in [6, 6.07) is 0. The number of hydrogen-bond acceptors (Lipinski definition) is 4. The van der Waals surface area contributed by atoms with E-state index >= 15 is 0 Å². The predicted octanol–water partition coefficient (Wildman–Crippen LogP) is -0.655. The first kappa shape index (κ1) is 13.5. The molecule has 0 aliphatic rings. The highest BCUT2D eigenvalue weighted by atomic mass is 16.2. The largest absolute Gasteiger partial charge is 0.332 e. The molecule has 2 aromatic heterocycles. The summed E-state index contributed by atoms with van der Waals surface area (Å²) in [5, 5.41) is 0. The van der Waals surface area contributed by atoms with Crippen LogP contribution in [-0.2, 0) is 27.1 Å². The normalized spacial score (nSPS) is 11.4. The minimum atomic E-state index is -0.358. The fourth-order valence-electron chi connectivity index (χ4n) is 2.25. The first-order chi connectivity index (χ1) is 9.02. The Morgan fingerprint density at radius 2 is 1.89 bits per heavy atom. The van der Waals surface area contributed by atoms with Gasteiger partial charge in [-0.3, -0.25) is 13.9 Å². The zero-order chi connectivity index (χ0) is 14.2. The highest BCUT2D eigenvalue weighted by Crippen LogP contribution is 2.12. The lowest BCUT2D eigenvalue weighted by Crippen LogP contribution is -2.37. The highest BCUT2D eigenvalue weighted by Gasteiger charge is 2.17. The molecule has 7 nitrogen and oxygen atoms in total. The van der Waals surface area contributed by atoms with Crippen LogP contribution < -0.4 is 17.0 Å². The molecule has 0 saturated carbocycles. The Labute approximate surface area is 110 Å². The van der Waals surface area contributed by atoms with Crippen molar-refractivity contribution in [2.24, 2.45) is 19.8 Å². The SMILES string of the molecule is CCc1nc2c(c(=O)n(C)c(=O)n2C)n1CCCN. The van der Waals surface area contributed by atoms with Gasteiger partial charge in [0.2, 0.25) is 0 Å². The predicted molar refractivity (Wildman–Crippen MR) is 73.3 cm³/mol. The zero-order valence-corrected chi connectivity index (χ0v) is 11.5. The Morgan fingerprint density at radius 1 is 1.21 bits per heavy atom. The number of rotatable bonds is 4. The van der Waals surface area contributed by atoms with Crippen LogP contribution in [0.2, 0.25) is 0 Å². The third kappa shape index (κ3) is 1.99. The van der Waals surface area contributed by atoms with E-state index in [2.05, 4.69) is 4.98 Å². The first-order valence-electron chi connectivity index (χ1n) is 6.38. The number of nitrogens with two attached hydrogens (primary N) is 1. The van der Waals surface area contributed by atoms with E-state index in [1.165, 1.54) is 11.6 Å². The molecule has 0 bridgehead atoms. The molecule has 104 valence electrons. The molecular formula is C12H19N5O2. The fourth-order valence-corrected chi connectivity index (χ4v) is 2.25. The van der Waals surface area contributed by atoms with Gasteiger partial charge in [0.1, 0.15) is 5.82 Å². The van der Waals surface area contributed by atoms with E-state index in [4.69, 9.17) is 5.73 Å². The van der Waals surface area contributed by atoms with Gasteiger partial charge < -0.3 is 10.3 Å². The molecule has 0 fully saturated rings. The molecule has 0 amide bonds. The van der Waals surface area contributed by atoms with Gasteiger partial charge in [-0.25, -0.2) is 9.78 Å². The van der Waals surface area contributed by atoms with Crippen LogP contribution in [0.3, 0.4) is 0 Å². The second-order valence-electron chi connectivity index (χ2n) is 4.55. The maximum Gasteiger partial charge on any atom is 0.332 e. The van der Waals surface area contributed by atoms with Crippen LogP contribution >= 0.6 is 0 Å². The van der Waals surface area contributed by atoms with E-state index in [9.17, 15) is 9.59 Å². The van der Waals surface area contributed by atoms with E-state index in [0.29, 0.717) is 30.7 Å². The number of imidazole rings is 1. The lowest BCUT2D eigenvalue weighted by molar-refractivity contribution is 0.630. The lowest BCUT2D eigenvalue weighted by atomic mass is 10.3. The molecule has 0 saturated heterocycles. The first-order valence-corrected chi connectivity index (χ1v) is 6.38. The van der Waals surface area contributed by atoms with Crippen LogP contribution in [0.25, 0.3) is 11.2 Å². The molecule has 0 unspecified atom stereocenters. The van der Waals surface area contributed by atoms with Gasteiger partial charge in [-0.15, -0.1) is 0 Å². The molecule has 0 atom stereocenters. The third-order valence-corrected chi connectivity index (χ3v) is 3.33. The van der Waals surface area contributed by atoms with Gasteiger partial charge >= 0.3 is 5.69 Å². The molecule has 0 aliphatic carbocycles. The Morgan fingerprint density at radius 3 is 2.47 bits per heavy atom. The van der Waals surface area contributed by atoms with Crippen molar-refractivity contribution in [2.75, 3.05) is 6.54 Å². The zero-order valence-electron chi connectivity index (χ0n) is 11.5.